The van der Waals surface area contributed by atoms with Crippen molar-refractivity contribution in [3.63, 3.8) is 0 Å². The van der Waals surface area contributed by atoms with E-state index in [1.807, 2.05) is 30.3 Å². The first kappa shape index (κ1) is 15.4. The van der Waals surface area contributed by atoms with E-state index in [0.717, 1.165) is 18.4 Å². The van der Waals surface area contributed by atoms with Crippen LogP contribution in [0.2, 0.25) is 0 Å². The fourth-order valence-corrected chi connectivity index (χ4v) is 3.54. The second-order valence-electron chi connectivity index (χ2n) is 6.25. The molecule has 0 saturated carbocycles. The Bertz CT molecular complexity index is 743. The number of carbonyl (C=O) groups excluding carboxylic acids is 1. The largest absolute Gasteiger partial charge is 0.371 e. The molecule has 0 spiro atoms. The first-order chi connectivity index (χ1) is 11.8. The zero-order valence-corrected chi connectivity index (χ0v) is 13.5. The minimum atomic E-state index is -0.520. The molecule has 2 heterocycles. The fraction of sp³-hybridized carbons (Fsp3) is 0.350. The highest BCUT2D eigenvalue weighted by atomic mass is 16.5. The van der Waals surface area contributed by atoms with Crippen LogP contribution in [0.3, 0.4) is 0 Å². The van der Waals surface area contributed by atoms with Crippen LogP contribution in [0.25, 0.3) is 0 Å². The van der Waals surface area contributed by atoms with Gasteiger partial charge in [-0.25, -0.2) is 0 Å². The summed E-state index contributed by atoms with van der Waals surface area (Å²) in [7, 11) is 0. The van der Waals surface area contributed by atoms with Gasteiger partial charge in [0.15, 0.2) is 6.10 Å². The minimum Gasteiger partial charge on any atom is -0.371 e. The average molecular weight is 323 g/mol. The van der Waals surface area contributed by atoms with E-state index >= 15 is 0 Å². The molecule has 2 aromatic carbocycles. The van der Waals surface area contributed by atoms with E-state index in [1.54, 1.807) is 0 Å². The third-order valence-electron chi connectivity index (χ3n) is 4.79. The molecule has 1 N–H and O–H groups in total. The lowest BCUT2D eigenvalue weighted by Gasteiger charge is -2.28. The Morgan fingerprint density at radius 3 is 2.33 bits per heavy atom. The van der Waals surface area contributed by atoms with Gasteiger partial charge < -0.3 is 14.8 Å². The van der Waals surface area contributed by atoms with E-state index in [9.17, 15) is 4.79 Å². The van der Waals surface area contributed by atoms with Crippen molar-refractivity contribution >= 4 is 5.91 Å². The van der Waals surface area contributed by atoms with Gasteiger partial charge >= 0.3 is 0 Å². The number of benzene rings is 2. The molecule has 0 aliphatic carbocycles. The summed E-state index contributed by atoms with van der Waals surface area (Å²) < 4.78 is 11.6. The minimum absolute atomic E-state index is 0.0854. The molecule has 0 unspecified atom stereocenters. The summed E-state index contributed by atoms with van der Waals surface area (Å²) in [6, 6.07) is 16.3. The Kier molecular flexibility index (Phi) is 4.32. The molecule has 0 aromatic heterocycles. The normalized spacial score (nSPS) is 22.3. The highest BCUT2D eigenvalue weighted by molar-refractivity contribution is 5.83. The maximum atomic E-state index is 12.6. The summed E-state index contributed by atoms with van der Waals surface area (Å²) in [6.07, 6.45) is 1.19. The first-order valence-corrected chi connectivity index (χ1v) is 8.49. The third kappa shape index (κ3) is 2.95. The van der Waals surface area contributed by atoms with E-state index in [0.29, 0.717) is 19.8 Å². The van der Waals surface area contributed by atoms with Crippen LogP contribution >= 0.6 is 0 Å². The van der Waals surface area contributed by atoms with Gasteiger partial charge in [-0.2, -0.15) is 0 Å². The van der Waals surface area contributed by atoms with Crippen molar-refractivity contribution in [2.75, 3.05) is 19.8 Å². The molecular weight excluding hydrogens is 302 g/mol. The predicted molar refractivity (Wildman–Crippen MR) is 90.7 cm³/mol. The smallest absolute Gasteiger partial charge is 0.253 e. The summed E-state index contributed by atoms with van der Waals surface area (Å²) in [5.74, 6) is -0.0891. The average Bonchev–Trinajstić information content (AvgIpc) is 2.65. The third-order valence-corrected chi connectivity index (χ3v) is 4.79. The SMILES string of the molecule is O=C(NC[C@@H]1OCCc2ccccc21)[C@H]1OCCc2ccccc21. The van der Waals surface area contributed by atoms with Crippen LogP contribution in [-0.2, 0) is 27.1 Å². The van der Waals surface area contributed by atoms with Gasteiger partial charge in [-0.1, -0.05) is 48.5 Å². The topological polar surface area (TPSA) is 47.6 Å². The van der Waals surface area contributed by atoms with Crippen LogP contribution in [0.15, 0.2) is 48.5 Å². The van der Waals surface area contributed by atoms with Gasteiger partial charge in [0, 0.05) is 6.54 Å². The summed E-state index contributed by atoms with van der Waals surface area (Å²) >= 11 is 0. The molecule has 24 heavy (non-hydrogen) atoms. The number of hydrogen-bond donors (Lipinski definition) is 1. The van der Waals surface area contributed by atoms with Crippen LogP contribution in [0.4, 0.5) is 0 Å². The Morgan fingerprint density at radius 2 is 1.54 bits per heavy atom. The van der Waals surface area contributed by atoms with Gasteiger partial charge in [0.1, 0.15) is 6.10 Å². The standard InChI is InChI=1S/C20H21NO3/c22-20(19-17-8-4-2-6-15(17)10-12-24-19)21-13-18-16-7-3-1-5-14(16)9-11-23-18/h1-8,18-19H,9-13H2,(H,21,22)/t18-,19-/m0/s1. The molecule has 2 atom stereocenters. The van der Waals surface area contributed by atoms with Crippen molar-refractivity contribution in [1.29, 1.82) is 0 Å². The molecule has 2 aromatic rings. The van der Waals surface area contributed by atoms with E-state index in [2.05, 4.69) is 23.5 Å². The summed E-state index contributed by atoms with van der Waals surface area (Å²) in [6.45, 7) is 1.75. The van der Waals surface area contributed by atoms with Crippen molar-refractivity contribution in [1.82, 2.24) is 5.32 Å². The van der Waals surface area contributed by atoms with Crippen LogP contribution in [0, 0.1) is 0 Å². The zero-order chi connectivity index (χ0) is 16.4. The molecule has 0 saturated heterocycles. The van der Waals surface area contributed by atoms with E-state index in [-0.39, 0.29) is 12.0 Å². The maximum absolute atomic E-state index is 12.6. The highest BCUT2D eigenvalue weighted by Crippen LogP contribution is 2.29. The number of amides is 1. The summed E-state index contributed by atoms with van der Waals surface area (Å²) in [5.41, 5.74) is 4.66. The van der Waals surface area contributed by atoms with Gasteiger partial charge in [0.05, 0.1) is 13.2 Å². The molecule has 2 aliphatic heterocycles. The number of nitrogens with one attached hydrogen (secondary N) is 1. The Hall–Kier alpha value is -2.17. The molecule has 4 rings (SSSR count). The quantitative estimate of drug-likeness (QED) is 0.945. The number of hydrogen-bond acceptors (Lipinski definition) is 3. The van der Waals surface area contributed by atoms with Gasteiger partial charge in [-0.15, -0.1) is 0 Å². The van der Waals surface area contributed by atoms with Crippen molar-refractivity contribution in [3.8, 4) is 0 Å². The number of ether oxygens (including phenoxy) is 2. The van der Waals surface area contributed by atoms with Crippen molar-refractivity contribution in [3.05, 3.63) is 70.8 Å². The van der Waals surface area contributed by atoms with Crippen molar-refractivity contribution in [2.45, 2.75) is 25.0 Å². The first-order valence-electron chi connectivity index (χ1n) is 8.49. The molecular formula is C20H21NO3. The van der Waals surface area contributed by atoms with E-state index in [1.165, 1.54) is 16.7 Å². The van der Waals surface area contributed by atoms with E-state index in [4.69, 9.17) is 9.47 Å². The highest BCUT2D eigenvalue weighted by Gasteiger charge is 2.28. The van der Waals surface area contributed by atoms with Gasteiger partial charge in [-0.05, 0) is 35.1 Å². The molecule has 4 heteroatoms. The lowest BCUT2D eigenvalue weighted by atomic mass is 9.96. The van der Waals surface area contributed by atoms with Crippen molar-refractivity contribution in [2.24, 2.45) is 0 Å². The zero-order valence-electron chi connectivity index (χ0n) is 13.5. The second kappa shape index (κ2) is 6.75. The van der Waals surface area contributed by atoms with Gasteiger partial charge in [0.25, 0.3) is 5.91 Å². The lowest BCUT2D eigenvalue weighted by molar-refractivity contribution is -0.134. The van der Waals surface area contributed by atoms with Crippen LogP contribution in [0.1, 0.15) is 34.5 Å². The fourth-order valence-electron chi connectivity index (χ4n) is 3.54. The van der Waals surface area contributed by atoms with E-state index < -0.39 is 6.10 Å². The molecule has 0 radical (unpaired) electrons. The van der Waals surface area contributed by atoms with Gasteiger partial charge in [0.2, 0.25) is 0 Å². The van der Waals surface area contributed by atoms with Crippen LogP contribution < -0.4 is 5.32 Å². The number of carbonyl (C=O) groups is 1. The molecule has 1 amide bonds. The predicted octanol–water partition coefficient (Wildman–Crippen LogP) is 2.73. The Labute approximate surface area is 141 Å². The molecule has 2 aliphatic rings. The summed E-state index contributed by atoms with van der Waals surface area (Å²) in [5, 5.41) is 3.01. The van der Waals surface area contributed by atoms with Crippen LogP contribution in [0.5, 0.6) is 0 Å². The second-order valence-corrected chi connectivity index (χ2v) is 6.25. The van der Waals surface area contributed by atoms with Gasteiger partial charge in [-0.3, -0.25) is 4.79 Å². The van der Waals surface area contributed by atoms with Crippen molar-refractivity contribution < 1.29 is 14.3 Å². The lowest BCUT2D eigenvalue weighted by Crippen LogP contribution is -2.37. The summed E-state index contributed by atoms with van der Waals surface area (Å²) in [4.78, 5) is 12.6. The monoisotopic (exact) mass is 323 g/mol. The van der Waals surface area contributed by atoms with Crippen LogP contribution in [-0.4, -0.2) is 25.7 Å². The molecule has 4 nitrogen and oxygen atoms in total. The number of rotatable bonds is 3. The number of fused-ring (bicyclic) bond motifs is 2. The Morgan fingerprint density at radius 1 is 0.917 bits per heavy atom. The maximum Gasteiger partial charge on any atom is 0.253 e. The Balaban J connectivity index is 1.45. The molecule has 0 bridgehead atoms. The molecule has 124 valence electrons. The molecule has 0 fully saturated rings.